The van der Waals surface area contributed by atoms with E-state index in [1.54, 1.807) is 0 Å². The highest BCUT2D eigenvalue weighted by atomic mass is 16.5. The normalized spacial score (nSPS) is 20.8. The smallest absolute Gasteiger partial charge is 0.257 e. The molecule has 1 saturated heterocycles. The number of hydrogen-bond acceptors (Lipinski definition) is 4. The third-order valence-corrected chi connectivity index (χ3v) is 6.02. The van der Waals surface area contributed by atoms with Gasteiger partial charge in [-0.25, -0.2) is 0 Å². The Balaban J connectivity index is 1.60. The van der Waals surface area contributed by atoms with E-state index in [9.17, 15) is 4.79 Å². The number of nitrogens with one attached hydrogen (secondary N) is 1. The van der Waals surface area contributed by atoms with E-state index in [0.29, 0.717) is 18.7 Å². The van der Waals surface area contributed by atoms with Crippen molar-refractivity contribution < 1.29 is 14.3 Å². The molecule has 0 spiro atoms. The number of benzene rings is 3. The molecule has 0 radical (unpaired) electrons. The maximum Gasteiger partial charge on any atom is 0.257 e. The van der Waals surface area contributed by atoms with Crippen molar-refractivity contribution in [2.75, 3.05) is 25.1 Å². The summed E-state index contributed by atoms with van der Waals surface area (Å²) < 4.78 is 12.0. The van der Waals surface area contributed by atoms with Gasteiger partial charge in [0, 0.05) is 24.4 Å². The number of nitrogens with zero attached hydrogens (tertiary/aromatic N) is 1. The summed E-state index contributed by atoms with van der Waals surface area (Å²) >= 11 is 0. The average molecular weight is 402 g/mol. The van der Waals surface area contributed by atoms with Crippen molar-refractivity contribution in [3.05, 3.63) is 71.8 Å². The van der Waals surface area contributed by atoms with Gasteiger partial charge in [-0.2, -0.15) is 0 Å². The van der Waals surface area contributed by atoms with Crippen LogP contribution in [0.4, 0.5) is 5.69 Å². The lowest BCUT2D eigenvalue weighted by molar-refractivity contribution is 0.0643. The van der Waals surface area contributed by atoms with Gasteiger partial charge in [0.2, 0.25) is 0 Å². The lowest BCUT2D eigenvalue weighted by Crippen LogP contribution is -2.43. The van der Waals surface area contributed by atoms with Gasteiger partial charge in [0.05, 0.1) is 11.7 Å². The lowest BCUT2D eigenvalue weighted by atomic mass is 9.97. The van der Waals surface area contributed by atoms with Gasteiger partial charge in [-0.1, -0.05) is 42.5 Å². The number of rotatable bonds is 5. The van der Waals surface area contributed by atoms with E-state index in [1.807, 2.05) is 54.3 Å². The van der Waals surface area contributed by atoms with Gasteiger partial charge < -0.3 is 19.7 Å². The SMILES string of the molecule is CCN1C(=O)c2ccccc2NC1c1c(OCC2CCCO2)ccc2ccccc12. The van der Waals surface area contributed by atoms with Crippen LogP contribution in [0.25, 0.3) is 10.8 Å². The molecule has 2 unspecified atom stereocenters. The van der Waals surface area contributed by atoms with Crippen molar-refractivity contribution in [3.63, 3.8) is 0 Å². The Bertz CT molecular complexity index is 1070. The van der Waals surface area contributed by atoms with Crippen LogP contribution in [0.15, 0.2) is 60.7 Å². The molecule has 5 rings (SSSR count). The zero-order valence-electron chi connectivity index (χ0n) is 17.1. The van der Waals surface area contributed by atoms with Crippen LogP contribution in [-0.4, -0.2) is 36.7 Å². The van der Waals surface area contributed by atoms with Crippen LogP contribution in [0.1, 0.15) is 41.9 Å². The molecule has 3 aromatic rings. The molecule has 2 aliphatic rings. The summed E-state index contributed by atoms with van der Waals surface area (Å²) in [6.07, 6.45) is 1.94. The number of fused-ring (bicyclic) bond motifs is 2. The Morgan fingerprint density at radius 1 is 1.10 bits per heavy atom. The Hall–Kier alpha value is -3.05. The van der Waals surface area contributed by atoms with Crippen molar-refractivity contribution >= 4 is 22.4 Å². The Labute approximate surface area is 176 Å². The van der Waals surface area contributed by atoms with Crippen LogP contribution < -0.4 is 10.1 Å². The second-order valence-electron chi connectivity index (χ2n) is 7.83. The predicted octanol–water partition coefficient (Wildman–Crippen LogP) is 4.98. The molecule has 154 valence electrons. The molecule has 0 aliphatic carbocycles. The number of ether oxygens (including phenoxy) is 2. The molecule has 2 heterocycles. The number of anilines is 1. The van der Waals surface area contributed by atoms with E-state index in [-0.39, 0.29) is 18.2 Å². The molecule has 1 amide bonds. The molecule has 0 aromatic heterocycles. The quantitative estimate of drug-likeness (QED) is 0.654. The van der Waals surface area contributed by atoms with Crippen LogP contribution in [0.5, 0.6) is 5.75 Å². The van der Waals surface area contributed by atoms with Gasteiger partial charge >= 0.3 is 0 Å². The molecule has 5 heteroatoms. The first-order valence-corrected chi connectivity index (χ1v) is 10.7. The number of amides is 1. The fourth-order valence-electron chi connectivity index (χ4n) is 4.49. The van der Waals surface area contributed by atoms with Gasteiger partial charge in [-0.3, -0.25) is 4.79 Å². The first-order valence-electron chi connectivity index (χ1n) is 10.7. The van der Waals surface area contributed by atoms with Crippen molar-refractivity contribution in [1.82, 2.24) is 4.90 Å². The fourth-order valence-corrected chi connectivity index (χ4v) is 4.49. The standard InChI is InChI=1S/C25H26N2O3/c1-2-27-24(26-21-12-6-5-11-20(21)25(27)28)23-19-10-4-3-8-17(19)13-14-22(23)30-16-18-9-7-15-29-18/h3-6,8,10-14,18,24,26H,2,7,9,15-16H2,1H3. The van der Waals surface area contributed by atoms with Gasteiger partial charge in [-0.15, -0.1) is 0 Å². The minimum atomic E-state index is -0.303. The van der Waals surface area contributed by atoms with Crippen LogP contribution in [0.2, 0.25) is 0 Å². The van der Waals surface area contributed by atoms with Crippen molar-refractivity contribution in [2.45, 2.75) is 32.0 Å². The Kier molecular flexibility index (Phi) is 5.05. The van der Waals surface area contributed by atoms with Crippen LogP contribution in [0, 0.1) is 0 Å². The number of hydrogen-bond donors (Lipinski definition) is 1. The van der Waals surface area contributed by atoms with Crippen molar-refractivity contribution in [1.29, 1.82) is 0 Å². The van der Waals surface area contributed by atoms with Gasteiger partial charge in [0.15, 0.2) is 0 Å². The van der Waals surface area contributed by atoms with E-state index < -0.39 is 0 Å². The Morgan fingerprint density at radius 2 is 1.93 bits per heavy atom. The highest BCUT2D eigenvalue weighted by Crippen LogP contribution is 2.40. The minimum absolute atomic E-state index is 0.0369. The molecule has 2 aliphatic heterocycles. The molecule has 1 N–H and O–H groups in total. The maximum absolute atomic E-state index is 13.3. The first kappa shape index (κ1) is 18.9. The number of carbonyl (C=O) groups is 1. The van der Waals surface area contributed by atoms with E-state index in [1.165, 1.54) is 0 Å². The molecule has 0 saturated carbocycles. The van der Waals surface area contributed by atoms with Crippen molar-refractivity contribution in [2.24, 2.45) is 0 Å². The van der Waals surface area contributed by atoms with Crippen molar-refractivity contribution in [3.8, 4) is 5.75 Å². The molecular weight excluding hydrogens is 376 g/mol. The third-order valence-electron chi connectivity index (χ3n) is 6.02. The predicted molar refractivity (Wildman–Crippen MR) is 118 cm³/mol. The fraction of sp³-hybridized carbons (Fsp3) is 0.320. The first-order chi connectivity index (χ1) is 14.8. The Morgan fingerprint density at radius 3 is 2.77 bits per heavy atom. The average Bonchev–Trinajstić information content (AvgIpc) is 3.31. The zero-order valence-corrected chi connectivity index (χ0v) is 17.1. The topological polar surface area (TPSA) is 50.8 Å². The van der Waals surface area contributed by atoms with Gasteiger partial charge in [-0.05, 0) is 48.7 Å². The summed E-state index contributed by atoms with van der Waals surface area (Å²) in [5.74, 6) is 0.835. The summed E-state index contributed by atoms with van der Waals surface area (Å²) in [7, 11) is 0. The molecule has 30 heavy (non-hydrogen) atoms. The highest BCUT2D eigenvalue weighted by molar-refractivity contribution is 6.02. The van der Waals surface area contributed by atoms with E-state index in [0.717, 1.165) is 47.2 Å². The van der Waals surface area contributed by atoms with Crippen LogP contribution in [-0.2, 0) is 4.74 Å². The molecule has 3 aromatic carbocycles. The maximum atomic E-state index is 13.3. The molecule has 2 atom stereocenters. The summed E-state index contributed by atoms with van der Waals surface area (Å²) in [4.78, 5) is 15.1. The minimum Gasteiger partial charge on any atom is -0.490 e. The molecule has 0 bridgehead atoms. The monoisotopic (exact) mass is 402 g/mol. The summed E-state index contributed by atoms with van der Waals surface area (Å²) in [5, 5.41) is 5.81. The number of carbonyl (C=O) groups excluding carboxylic acids is 1. The highest BCUT2D eigenvalue weighted by Gasteiger charge is 2.34. The summed E-state index contributed by atoms with van der Waals surface area (Å²) in [6.45, 7) is 3.93. The molecular formula is C25H26N2O3. The summed E-state index contributed by atoms with van der Waals surface area (Å²) in [6, 6.07) is 20.1. The van der Waals surface area contributed by atoms with Crippen LogP contribution >= 0.6 is 0 Å². The van der Waals surface area contributed by atoms with Gasteiger partial charge in [0.25, 0.3) is 5.91 Å². The number of para-hydroxylation sites is 1. The van der Waals surface area contributed by atoms with Gasteiger partial charge in [0.1, 0.15) is 18.5 Å². The molecule has 1 fully saturated rings. The van der Waals surface area contributed by atoms with Crippen LogP contribution in [0.3, 0.4) is 0 Å². The second kappa shape index (κ2) is 8.00. The second-order valence-corrected chi connectivity index (χ2v) is 7.83. The van der Waals surface area contributed by atoms with E-state index >= 15 is 0 Å². The molecule has 5 nitrogen and oxygen atoms in total. The summed E-state index contributed by atoms with van der Waals surface area (Å²) in [5.41, 5.74) is 2.56. The third kappa shape index (κ3) is 3.29. The lowest BCUT2D eigenvalue weighted by Gasteiger charge is -2.38. The van der Waals surface area contributed by atoms with E-state index in [2.05, 4.69) is 23.5 Å². The largest absolute Gasteiger partial charge is 0.490 e. The van der Waals surface area contributed by atoms with E-state index in [4.69, 9.17) is 9.47 Å². The zero-order chi connectivity index (χ0) is 20.5.